The van der Waals surface area contributed by atoms with Gasteiger partial charge in [0.2, 0.25) is 0 Å². The van der Waals surface area contributed by atoms with E-state index in [4.69, 9.17) is 11.6 Å². The van der Waals surface area contributed by atoms with Gasteiger partial charge in [0.05, 0.1) is 30.2 Å². The second-order valence-corrected chi connectivity index (χ2v) is 5.04. The number of anilines is 1. The number of nitrogens with one attached hydrogen (secondary N) is 1. The van der Waals surface area contributed by atoms with Gasteiger partial charge in [-0.1, -0.05) is 11.6 Å². The van der Waals surface area contributed by atoms with Crippen molar-refractivity contribution in [1.29, 1.82) is 0 Å². The number of nitro groups is 1. The van der Waals surface area contributed by atoms with Crippen molar-refractivity contribution < 1.29 is 24.0 Å². The van der Waals surface area contributed by atoms with Gasteiger partial charge in [-0.3, -0.25) is 15.1 Å². The number of aromatic nitrogens is 1. The molecule has 25 heavy (non-hydrogen) atoms. The molecule has 1 heterocycles. The molecule has 0 unspecified atom stereocenters. The van der Waals surface area contributed by atoms with Crippen LogP contribution in [0.2, 0.25) is 5.02 Å². The topological polar surface area (TPSA) is 121 Å². The Kier molecular flexibility index (Phi) is 5.50. The van der Waals surface area contributed by atoms with Crippen LogP contribution in [0, 0.1) is 10.1 Å². The predicted molar refractivity (Wildman–Crippen MR) is 89.1 cm³/mol. The molecule has 130 valence electrons. The maximum atomic E-state index is 11.9. The first-order chi connectivity index (χ1) is 11.9. The summed E-state index contributed by atoms with van der Waals surface area (Å²) in [5.41, 5.74) is -0.798. The zero-order chi connectivity index (χ0) is 18.6. The number of nitro benzene ring substituents is 1. The van der Waals surface area contributed by atoms with E-state index >= 15 is 0 Å². The third kappa shape index (κ3) is 3.83. The van der Waals surface area contributed by atoms with E-state index in [9.17, 15) is 19.7 Å². The molecule has 0 fully saturated rings. The van der Waals surface area contributed by atoms with Gasteiger partial charge in [0.1, 0.15) is 11.4 Å². The quantitative estimate of drug-likeness (QED) is 0.371. The lowest BCUT2D eigenvalue weighted by molar-refractivity contribution is -0.383. The molecule has 1 N–H and O–H groups in total. The molecule has 0 aliphatic rings. The number of hydrogen-bond acceptors (Lipinski definition) is 8. The summed E-state index contributed by atoms with van der Waals surface area (Å²) in [6, 6.07) is 2.70. The number of ether oxygens (including phenoxy) is 2. The van der Waals surface area contributed by atoms with E-state index in [2.05, 4.69) is 19.8 Å². The lowest BCUT2D eigenvalue weighted by Gasteiger charge is -2.12. The first-order valence-electron chi connectivity index (χ1n) is 6.74. The second kappa shape index (κ2) is 7.58. The fraction of sp³-hybridized carbons (Fsp3) is 0.133. The van der Waals surface area contributed by atoms with Crippen molar-refractivity contribution in [1.82, 2.24) is 4.98 Å². The number of carbonyl (C=O) groups excluding carboxylic acids is 2. The van der Waals surface area contributed by atoms with Gasteiger partial charge in [-0.2, -0.15) is 0 Å². The van der Waals surface area contributed by atoms with Crippen molar-refractivity contribution in [3.63, 3.8) is 0 Å². The summed E-state index contributed by atoms with van der Waals surface area (Å²) in [7, 11) is 2.23. The monoisotopic (exact) mass is 365 g/mol. The van der Waals surface area contributed by atoms with Crippen LogP contribution in [0.25, 0.3) is 10.8 Å². The lowest BCUT2D eigenvalue weighted by atomic mass is 10.1. The summed E-state index contributed by atoms with van der Waals surface area (Å²) < 4.78 is 9.04. The van der Waals surface area contributed by atoms with Crippen LogP contribution in [-0.4, -0.2) is 36.1 Å². The van der Waals surface area contributed by atoms with Crippen LogP contribution >= 0.6 is 11.6 Å². The summed E-state index contributed by atoms with van der Waals surface area (Å²) in [4.78, 5) is 38.0. The van der Waals surface area contributed by atoms with Crippen LogP contribution in [0.15, 0.2) is 36.3 Å². The summed E-state index contributed by atoms with van der Waals surface area (Å²) >= 11 is 6.07. The van der Waals surface area contributed by atoms with Crippen LogP contribution in [0.4, 0.5) is 11.4 Å². The highest BCUT2D eigenvalue weighted by atomic mass is 35.5. The van der Waals surface area contributed by atoms with E-state index < -0.39 is 22.5 Å². The molecule has 0 saturated heterocycles. The highest BCUT2D eigenvalue weighted by Crippen LogP contribution is 2.38. The van der Waals surface area contributed by atoms with E-state index in [1.54, 1.807) is 6.07 Å². The molecule has 0 spiro atoms. The van der Waals surface area contributed by atoms with Crippen LogP contribution in [0.3, 0.4) is 0 Å². The maximum Gasteiger partial charge on any atom is 0.354 e. The molecule has 0 bridgehead atoms. The molecule has 1 aromatic heterocycles. The minimum atomic E-state index is -0.910. The number of nitrogens with zero attached hydrogens (tertiary/aromatic N) is 2. The zero-order valence-electron chi connectivity index (χ0n) is 13.1. The highest BCUT2D eigenvalue weighted by molar-refractivity contribution is 6.36. The molecule has 1 aromatic carbocycles. The smallest absolute Gasteiger partial charge is 0.354 e. The fourth-order valence-corrected chi connectivity index (χ4v) is 2.32. The second-order valence-electron chi connectivity index (χ2n) is 4.63. The molecular formula is C15H12ClN3O6. The zero-order valence-corrected chi connectivity index (χ0v) is 13.9. The van der Waals surface area contributed by atoms with Gasteiger partial charge < -0.3 is 14.8 Å². The summed E-state index contributed by atoms with van der Waals surface area (Å²) in [6.07, 6.45) is 3.64. The largest absolute Gasteiger partial charge is 0.466 e. The number of benzene rings is 1. The summed E-state index contributed by atoms with van der Waals surface area (Å²) in [6.45, 7) is 0. The molecule has 0 atom stereocenters. The van der Waals surface area contributed by atoms with Gasteiger partial charge in [0.25, 0.3) is 5.69 Å². The molecule has 2 aromatic rings. The Morgan fingerprint density at radius 1 is 1.32 bits per heavy atom. The van der Waals surface area contributed by atoms with E-state index in [1.807, 2.05) is 0 Å². The first-order valence-corrected chi connectivity index (χ1v) is 7.12. The number of rotatable bonds is 5. The molecule has 2 rings (SSSR count). The Morgan fingerprint density at radius 3 is 2.64 bits per heavy atom. The van der Waals surface area contributed by atoms with Crippen molar-refractivity contribution in [2.45, 2.75) is 0 Å². The van der Waals surface area contributed by atoms with E-state index in [0.717, 1.165) is 26.4 Å². The summed E-state index contributed by atoms with van der Waals surface area (Å²) in [5, 5.41) is 14.9. The predicted octanol–water partition coefficient (Wildman–Crippen LogP) is 2.44. The molecule has 0 saturated carbocycles. The van der Waals surface area contributed by atoms with E-state index in [1.165, 1.54) is 12.4 Å². The maximum absolute atomic E-state index is 11.9. The van der Waals surface area contributed by atoms with Crippen molar-refractivity contribution in [3.05, 3.63) is 51.4 Å². The average molecular weight is 366 g/mol. The molecule has 10 heteroatoms. The minimum absolute atomic E-state index is 0.0574. The molecule has 0 aliphatic carbocycles. The van der Waals surface area contributed by atoms with Gasteiger partial charge in [-0.05, 0) is 6.07 Å². The number of esters is 2. The standard InChI is InChI=1S/C15H12ClN3O6/c1-24-13(20)6-11(15(21)25-2)18-14-9-7-17-4-3-8(9)10(16)5-12(14)19(22)23/h3-7,18H,1-2H3/b11-6+. The third-order valence-corrected chi connectivity index (χ3v) is 3.51. The number of methoxy groups -OCH3 is 2. The van der Waals surface area contributed by atoms with E-state index in [0.29, 0.717) is 10.8 Å². The van der Waals surface area contributed by atoms with Crippen molar-refractivity contribution in [3.8, 4) is 0 Å². The minimum Gasteiger partial charge on any atom is -0.466 e. The van der Waals surface area contributed by atoms with Gasteiger partial charge in [-0.15, -0.1) is 0 Å². The van der Waals surface area contributed by atoms with Gasteiger partial charge in [0.15, 0.2) is 0 Å². The lowest BCUT2D eigenvalue weighted by Crippen LogP contribution is -2.16. The normalized spacial score (nSPS) is 11.1. The Hall–Kier alpha value is -3.20. The van der Waals surface area contributed by atoms with Crippen LogP contribution in [0.5, 0.6) is 0 Å². The Morgan fingerprint density at radius 2 is 2.04 bits per heavy atom. The van der Waals surface area contributed by atoms with Gasteiger partial charge >= 0.3 is 11.9 Å². The van der Waals surface area contributed by atoms with Crippen molar-refractivity contribution >= 4 is 45.7 Å². The number of halogens is 1. The number of fused-ring (bicyclic) bond motifs is 1. The SMILES string of the molecule is COC(=O)/C=C(/Nc1c([N+](=O)[O-])cc(Cl)c2ccncc12)C(=O)OC. The molecule has 0 radical (unpaired) electrons. The number of pyridine rings is 1. The number of hydrogen-bond donors (Lipinski definition) is 1. The molecular weight excluding hydrogens is 354 g/mol. The Bertz CT molecular complexity index is 896. The molecule has 9 nitrogen and oxygen atoms in total. The highest BCUT2D eigenvalue weighted by Gasteiger charge is 2.23. The van der Waals surface area contributed by atoms with Crippen LogP contribution < -0.4 is 5.32 Å². The summed E-state index contributed by atoms with van der Waals surface area (Å²) in [5.74, 6) is -1.75. The first kappa shape index (κ1) is 18.1. The van der Waals surface area contributed by atoms with Gasteiger partial charge in [-0.25, -0.2) is 9.59 Å². The van der Waals surface area contributed by atoms with E-state index in [-0.39, 0.29) is 16.4 Å². The average Bonchev–Trinajstić information content (AvgIpc) is 2.61. The van der Waals surface area contributed by atoms with Crippen molar-refractivity contribution in [2.75, 3.05) is 19.5 Å². The van der Waals surface area contributed by atoms with Gasteiger partial charge in [0, 0.05) is 29.2 Å². The Balaban J connectivity index is 2.69. The number of carbonyl (C=O) groups is 2. The van der Waals surface area contributed by atoms with Crippen LogP contribution in [-0.2, 0) is 19.1 Å². The molecule has 0 aliphatic heterocycles. The Labute approximate surface area is 146 Å². The molecule has 0 amide bonds. The van der Waals surface area contributed by atoms with Crippen LogP contribution in [0.1, 0.15) is 0 Å². The third-order valence-electron chi connectivity index (χ3n) is 3.19. The fourth-order valence-electron chi connectivity index (χ4n) is 2.05. The van der Waals surface area contributed by atoms with Crippen molar-refractivity contribution in [2.24, 2.45) is 0 Å².